The van der Waals surface area contributed by atoms with E-state index in [2.05, 4.69) is 10.2 Å². The molecule has 1 saturated heterocycles. The molecule has 0 spiro atoms. The van der Waals surface area contributed by atoms with Gasteiger partial charge in [-0.3, -0.25) is 0 Å². The van der Waals surface area contributed by atoms with Crippen molar-refractivity contribution in [3.05, 3.63) is 28.8 Å². The highest BCUT2D eigenvalue weighted by atomic mass is 35.5. The van der Waals surface area contributed by atoms with Crippen LogP contribution in [0, 0.1) is 5.92 Å². The van der Waals surface area contributed by atoms with Gasteiger partial charge in [-0.05, 0) is 56.5 Å². The van der Waals surface area contributed by atoms with Gasteiger partial charge in [0.05, 0.1) is 0 Å². The topological polar surface area (TPSA) is 35.5 Å². The number of hydrogen-bond acceptors (Lipinski definition) is 3. The molecule has 1 aromatic rings. The van der Waals surface area contributed by atoms with Gasteiger partial charge >= 0.3 is 0 Å². The van der Waals surface area contributed by atoms with Crippen molar-refractivity contribution in [3.8, 4) is 5.75 Å². The van der Waals surface area contributed by atoms with Gasteiger partial charge < -0.3 is 15.3 Å². The number of rotatable bonds is 5. The van der Waals surface area contributed by atoms with Crippen LogP contribution in [0.25, 0.3) is 0 Å². The van der Waals surface area contributed by atoms with Crippen LogP contribution >= 0.6 is 11.6 Å². The Bertz CT molecular complexity index is 448. The molecule has 1 unspecified atom stereocenters. The number of nitrogens with zero attached hydrogens (tertiary/aromatic N) is 1. The smallest absolute Gasteiger partial charge is 0.120 e. The third kappa shape index (κ3) is 3.41. The van der Waals surface area contributed by atoms with Crippen LogP contribution in [-0.2, 0) is 6.54 Å². The van der Waals surface area contributed by atoms with Gasteiger partial charge in [-0.15, -0.1) is 0 Å². The van der Waals surface area contributed by atoms with Gasteiger partial charge in [-0.25, -0.2) is 0 Å². The Morgan fingerprint density at radius 2 is 2.16 bits per heavy atom. The fourth-order valence-electron chi connectivity index (χ4n) is 2.91. The van der Waals surface area contributed by atoms with Crippen molar-refractivity contribution in [3.63, 3.8) is 0 Å². The first-order valence-corrected chi connectivity index (χ1v) is 7.52. The minimum Gasteiger partial charge on any atom is -0.508 e. The first-order chi connectivity index (χ1) is 9.22. The highest BCUT2D eigenvalue weighted by molar-refractivity contribution is 6.30. The summed E-state index contributed by atoms with van der Waals surface area (Å²) in [5.74, 6) is 1.07. The number of phenols is 1. The number of nitrogens with one attached hydrogen (secondary N) is 1. The zero-order chi connectivity index (χ0) is 13.2. The lowest BCUT2D eigenvalue weighted by molar-refractivity contribution is 0.311. The first kappa shape index (κ1) is 13.2. The van der Waals surface area contributed by atoms with Crippen molar-refractivity contribution >= 4 is 11.6 Å². The quantitative estimate of drug-likeness (QED) is 0.870. The molecule has 1 aromatic carbocycles. The van der Waals surface area contributed by atoms with E-state index in [9.17, 15) is 5.11 Å². The van der Waals surface area contributed by atoms with E-state index >= 15 is 0 Å². The maximum Gasteiger partial charge on any atom is 0.120 e. The molecule has 19 heavy (non-hydrogen) atoms. The Kier molecular flexibility index (Phi) is 3.96. The van der Waals surface area contributed by atoms with Gasteiger partial charge in [-0.2, -0.15) is 0 Å². The summed E-state index contributed by atoms with van der Waals surface area (Å²) >= 11 is 5.94. The van der Waals surface area contributed by atoms with Crippen LogP contribution in [0.2, 0.25) is 5.02 Å². The third-order valence-electron chi connectivity index (χ3n) is 4.17. The summed E-state index contributed by atoms with van der Waals surface area (Å²) < 4.78 is 0. The van der Waals surface area contributed by atoms with E-state index in [0.29, 0.717) is 17.3 Å². The van der Waals surface area contributed by atoms with Crippen LogP contribution in [0.3, 0.4) is 0 Å². The maximum atomic E-state index is 9.74. The number of likely N-dealkylation sites (tertiary alicyclic amines) is 1. The monoisotopic (exact) mass is 280 g/mol. The van der Waals surface area contributed by atoms with Crippen molar-refractivity contribution in [2.75, 3.05) is 19.6 Å². The summed E-state index contributed by atoms with van der Waals surface area (Å²) in [5, 5.41) is 13.9. The molecule has 2 aliphatic rings. The van der Waals surface area contributed by atoms with Crippen LogP contribution < -0.4 is 5.32 Å². The Labute approximate surface area is 119 Å². The predicted molar refractivity (Wildman–Crippen MR) is 77.5 cm³/mol. The van der Waals surface area contributed by atoms with E-state index in [1.165, 1.54) is 32.4 Å². The predicted octanol–water partition coefficient (Wildman–Crippen LogP) is 2.62. The van der Waals surface area contributed by atoms with E-state index in [0.717, 1.165) is 24.1 Å². The second-order valence-corrected chi connectivity index (χ2v) is 6.22. The molecule has 1 atom stereocenters. The molecule has 0 amide bonds. The number of aromatic hydroxyl groups is 1. The molecule has 0 aromatic heterocycles. The number of hydrogen-bond donors (Lipinski definition) is 2. The summed E-state index contributed by atoms with van der Waals surface area (Å²) in [7, 11) is 0. The van der Waals surface area contributed by atoms with Crippen LogP contribution in [0.15, 0.2) is 18.2 Å². The van der Waals surface area contributed by atoms with Gasteiger partial charge in [0.15, 0.2) is 0 Å². The lowest BCUT2D eigenvalue weighted by Gasteiger charge is -2.15. The zero-order valence-electron chi connectivity index (χ0n) is 11.1. The SMILES string of the molecule is Oc1ccc(Cl)cc1CNCC1CCN(C2CC2)C1. The van der Waals surface area contributed by atoms with Crippen molar-refractivity contribution in [1.29, 1.82) is 0 Å². The Morgan fingerprint density at radius 3 is 2.95 bits per heavy atom. The molecular weight excluding hydrogens is 260 g/mol. The summed E-state index contributed by atoms with van der Waals surface area (Å²) in [4.78, 5) is 2.63. The summed E-state index contributed by atoms with van der Waals surface area (Å²) in [5.41, 5.74) is 0.879. The summed E-state index contributed by atoms with van der Waals surface area (Å²) in [6.45, 7) is 4.21. The molecule has 0 bridgehead atoms. The van der Waals surface area contributed by atoms with E-state index < -0.39 is 0 Å². The van der Waals surface area contributed by atoms with Gasteiger partial charge in [0.2, 0.25) is 0 Å². The molecule has 1 aliphatic heterocycles. The molecule has 3 nitrogen and oxygen atoms in total. The van der Waals surface area contributed by atoms with Crippen molar-refractivity contribution in [2.24, 2.45) is 5.92 Å². The Balaban J connectivity index is 1.44. The normalized spacial score (nSPS) is 23.9. The molecule has 1 saturated carbocycles. The minimum atomic E-state index is 0.322. The fourth-order valence-corrected chi connectivity index (χ4v) is 3.10. The van der Waals surface area contributed by atoms with E-state index in [-0.39, 0.29) is 0 Å². The molecule has 2 fully saturated rings. The van der Waals surface area contributed by atoms with Gasteiger partial charge in [0, 0.05) is 29.7 Å². The average Bonchev–Trinajstić information content (AvgIpc) is 3.14. The summed E-state index contributed by atoms with van der Waals surface area (Å²) in [6.07, 6.45) is 4.10. The largest absolute Gasteiger partial charge is 0.508 e. The van der Waals surface area contributed by atoms with Crippen molar-refractivity contribution < 1.29 is 5.11 Å². The number of halogens is 1. The van der Waals surface area contributed by atoms with Gasteiger partial charge in [0.25, 0.3) is 0 Å². The molecule has 1 aliphatic carbocycles. The molecule has 2 N–H and O–H groups in total. The van der Waals surface area contributed by atoms with E-state index in [1.54, 1.807) is 12.1 Å². The highest BCUT2D eigenvalue weighted by Gasteiger charge is 2.33. The molecule has 4 heteroatoms. The van der Waals surface area contributed by atoms with Crippen molar-refractivity contribution in [2.45, 2.75) is 31.8 Å². The van der Waals surface area contributed by atoms with Crippen LogP contribution in [0.4, 0.5) is 0 Å². The lowest BCUT2D eigenvalue weighted by atomic mass is 10.1. The van der Waals surface area contributed by atoms with Gasteiger partial charge in [-0.1, -0.05) is 11.6 Å². The molecule has 3 rings (SSSR count). The van der Waals surface area contributed by atoms with E-state index in [1.807, 2.05) is 6.07 Å². The molecular formula is C15H21ClN2O. The maximum absolute atomic E-state index is 9.74. The van der Waals surface area contributed by atoms with Crippen LogP contribution in [0.5, 0.6) is 5.75 Å². The van der Waals surface area contributed by atoms with Crippen molar-refractivity contribution in [1.82, 2.24) is 10.2 Å². The number of benzene rings is 1. The molecule has 0 radical (unpaired) electrons. The highest BCUT2D eigenvalue weighted by Crippen LogP contribution is 2.31. The zero-order valence-corrected chi connectivity index (χ0v) is 11.9. The van der Waals surface area contributed by atoms with Crippen LogP contribution in [0.1, 0.15) is 24.8 Å². The lowest BCUT2D eigenvalue weighted by Crippen LogP contribution is -2.27. The third-order valence-corrected chi connectivity index (χ3v) is 4.41. The minimum absolute atomic E-state index is 0.322. The Hall–Kier alpha value is -0.770. The second kappa shape index (κ2) is 5.70. The standard InChI is InChI=1S/C15H21ClN2O/c16-13-1-4-15(19)12(7-13)9-17-8-11-5-6-18(10-11)14-2-3-14/h1,4,7,11,14,17,19H,2-3,5-6,8-10H2. The molecule has 104 valence electrons. The van der Waals surface area contributed by atoms with Gasteiger partial charge in [0.1, 0.15) is 5.75 Å². The second-order valence-electron chi connectivity index (χ2n) is 5.78. The average molecular weight is 281 g/mol. The fraction of sp³-hybridized carbons (Fsp3) is 0.600. The number of phenolic OH excluding ortho intramolecular Hbond substituents is 1. The molecule has 1 heterocycles. The Morgan fingerprint density at radius 1 is 1.32 bits per heavy atom. The van der Waals surface area contributed by atoms with Crippen LogP contribution in [-0.4, -0.2) is 35.7 Å². The first-order valence-electron chi connectivity index (χ1n) is 7.14. The van der Waals surface area contributed by atoms with E-state index in [4.69, 9.17) is 11.6 Å². The summed E-state index contributed by atoms with van der Waals surface area (Å²) in [6, 6.07) is 6.09.